The van der Waals surface area contributed by atoms with Crippen molar-refractivity contribution in [1.29, 1.82) is 0 Å². The fraction of sp³-hybridized carbons (Fsp3) is 0.375. The van der Waals surface area contributed by atoms with Gasteiger partial charge in [0.2, 0.25) is 0 Å². The lowest BCUT2D eigenvalue weighted by atomic mass is 10.0. The second-order valence-corrected chi connectivity index (χ2v) is 4.81. The van der Waals surface area contributed by atoms with Gasteiger partial charge in [-0.05, 0) is 56.8 Å². The molecule has 108 valence electrons. The van der Waals surface area contributed by atoms with E-state index in [4.69, 9.17) is 4.42 Å². The maximum Gasteiger partial charge on any atom is 0.123 e. The fourth-order valence-corrected chi connectivity index (χ4v) is 2.27. The monoisotopic (exact) mass is 276 g/mol. The minimum atomic E-state index is -0.208. The molecule has 1 aromatic heterocycles. The first-order chi connectivity index (χ1) is 9.65. The highest BCUT2D eigenvalue weighted by atomic mass is 19.1. The highest BCUT2D eigenvalue weighted by Gasteiger charge is 2.16. The SMILES string of the molecule is CCN(Cc1ccco1)c1ccc(F)cc1C(C)NC. The summed E-state index contributed by atoms with van der Waals surface area (Å²) in [5.74, 6) is 0.694. The molecule has 0 radical (unpaired) electrons. The molecular formula is C16H21FN2O. The molecule has 0 bridgehead atoms. The normalized spacial score (nSPS) is 12.4. The van der Waals surface area contributed by atoms with E-state index in [1.165, 1.54) is 6.07 Å². The zero-order valence-electron chi connectivity index (χ0n) is 12.2. The topological polar surface area (TPSA) is 28.4 Å². The van der Waals surface area contributed by atoms with Gasteiger partial charge in [-0.15, -0.1) is 0 Å². The summed E-state index contributed by atoms with van der Waals surface area (Å²) in [7, 11) is 1.88. The molecule has 0 aliphatic carbocycles. The molecule has 4 heteroatoms. The van der Waals surface area contributed by atoms with Crippen LogP contribution in [0.1, 0.15) is 31.2 Å². The minimum Gasteiger partial charge on any atom is -0.467 e. The van der Waals surface area contributed by atoms with Crippen LogP contribution in [0.4, 0.5) is 10.1 Å². The lowest BCUT2D eigenvalue weighted by molar-refractivity contribution is 0.502. The predicted molar refractivity (Wildman–Crippen MR) is 79.3 cm³/mol. The van der Waals surface area contributed by atoms with E-state index >= 15 is 0 Å². The molecule has 1 aromatic carbocycles. The van der Waals surface area contributed by atoms with Gasteiger partial charge in [-0.2, -0.15) is 0 Å². The van der Waals surface area contributed by atoms with Gasteiger partial charge in [0.25, 0.3) is 0 Å². The van der Waals surface area contributed by atoms with Crippen LogP contribution in [0.15, 0.2) is 41.0 Å². The van der Waals surface area contributed by atoms with E-state index in [-0.39, 0.29) is 11.9 Å². The summed E-state index contributed by atoms with van der Waals surface area (Å²) in [4.78, 5) is 2.18. The van der Waals surface area contributed by atoms with Crippen LogP contribution in [0.5, 0.6) is 0 Å². The molecule has 20 heavy (non-hydrogen) atoms. The van der Waals surface area contributed by atoms with Crippen molar-refractivity contribution in [2.24, 2.45) is 0 Å². The Morgan fingerprint density at radius 1 is 1.35 bits per heavy atom. The largest absolute Gasteiger partial charge is 0.467 e. The standard InChI is InChI=1S/C16H21FN2O/c1-4-19(11-14-6-5-9-20-14)16-8-7-13(17)10-15(16)12(2)18-3/h5-10,12,18H,4,11H2,1-3H3. The molecule has 0 spiro atoms. The van der Waals surface area contributed by atoms with E-state index in [9.17, 15) is 4.39 Å². The number of anilines is 1. The maximum absolute atomic E-state index is 13.5. The minimum absolute atomic E-state index is 0.0892. The summed E-state index contributed by atoms with van der Waals surface area (Å²) in [6.07, 6.45) is 1.67. The van der Waals surface area contributed by atoms with E-state index < -0.39 is 0 Å². The number of furan rings is 1. The van der Waals surface area contributed by atoms with Gasteiger partial charge < -0.3 is 14.6 Å². The summed E-state index contributed by atoms with van der Waals surface area (Å²) in [5.41, 5.74) is 1.99. The Labute approximate surface area is 119 Å². The third-order valence-corrected chi connectivity index (χ3v) is 3.54. The summed E-state index contributed by atoms with van der Waals surface area (Å²) < 4.78 is 18.9. The van der Waals surface area contributed by atoms with Gasteiger partial charge in [0, 0.05) is 18.3 Å². The van der Waals surface area contributed by atoms with Crippen LogP contribution < -0.4 is 10.2 Å². The van der Waals surface area contributed by atoms with Crippen molar-refractivity contribution in [2.45, 2.75) is 26.4 Å². The fourth-order valence-electron chi connectivity index (χ4n) is 2.27. The Hall–Kier alpha value is -1.81. The molecule has 0 amide bonds. The first-order valence-corrected chi connectivity index (χ1v) is 6.89. The van der Waals surface area contributed by atoms with E-state index in [1.807, 2.05) is 32.2 Å². The first kappa shape index (κ1) is 14.6. The molecular weight excluding hydrogens is 255 g/mol. The average Bonchev–Trinajstić information content (AvgIpc) is 2.97. The van der Waals surface area contributed by atoms with Gasteiger partial charge in [0.05, 0.1) is 12.8 Å². The van der Waals surface area contributed by atoms with Crippen LogP contribution in [0, 0.1) is 5.82 Å². The number of benzene rings is 1. The van der Waals surface area contributed by atoms with Crippen molar-refractivity contribution >= 4 is 5.69 Å². The number of rotatable bonds is 6. The molecule has 0 saturated heterocycles. The van der Waals surface area contributed by atoms with Crippen LogP contribution in [0.25, 0.3) is 0 Å². The summed E-state index contributed by atoms with van der Waals surface area (Å²) in [5, 5.41) is 3.17. The van der Waals surface area contributed by atoms with E-state index in [0.29, 0.717) is 6.54 Å². The smallest absolute Gasteiger partial charge is 0.123 e. The summed E-state index contributed by atoms with van der Waals surface area (Å²) in [6, 6.07) is 8.86. The van der Waals surface area contributed by atoms with Crippen molar-refractivity contribution in [3.63, 3.8) is 0 Å². The van der Waals surface area contributed by atoms with Gasteiger partial charge in [0.15, 0.2) is 0 Å². The first-order valence-electron chi connectivity index (χ1n) is 6.89. The lowest BCUT2D eigenvalue weighted by Gasteiger charge is -2.27. The third-order valence-electron chi connectivity index (χ3n) is 3.54. The van der Waals surface area contributed by atoms with E-state index in [0.717, 1.165) is 23.6 Å². The number of halogens is 1. The van der Waals surface area contributed by atoms with Crippen molar-refractivity contribution in [3.8, 4) is 0 Å². The van der Waals surface area contributed by atoms with Gasteiger partial charge in [-0.3, -0.25) is 0 Å². The average molecular weight is 276 g/mol. The second-order valence-electron chi connectivity index (χ2n) is 4.81. The third kappa shape index (κ3) is 3.20. The number of nitrogens with zero attached hydrogens (tertiary/aromatic N) is 1. The summed E-state index contributed by atoms with van der Waals surface area (Å²) >= 11 is 0. The molecule has 1 heterocycles. The highest BCUT2D eigenvalue weighted by Crippen LogP contribution is 2.28. The molecule has 1 atom stereocenters. The Balaban J connectivity index is 2.33. The van der Waals surface area contributed by atoms with Crippen molar-refractivity contribution < 1.29 is 8.81 Å². The van der Waals surface area contributed by atoms with Gasteiger partial charge >= 0.3 is 0 Å². The molecule has 1 unspecified atom stereocenters. The molecule has 2 aromatic rings. The zero-order chi connectivity index (χ0) is 14.5. The highest BCUT2D eigenvalue weighted by molar-refractivity contribution is 5.55. The zero-order valence-corrected chi connectivity index (χ0v) is 12.2. The Morgan fingerprint density at radius 3 is 2.75 bits per heavy atom. The van der Waals surface area contributed by atoms with E-state index in [1.54, 1.807) is 12.3 Å². The van der Waals surface area contributed by atoms with E-state index in [2.05, 4.69) is 17.1 Å². The van der Waals surface area contributed by atoms with Crippen LogP contribution in [-0.2, 0) is 6.54 Å². The van der Waals surface area contributed by atoms with Crippen molar-refractivity contribution in [3.05, 3.63) is 53.7 Å². The van der Waals surface area contributed by atoms with Crippen LogP contribution in [-0.4, -0.2) is 13.6 Å². The van der Waals surface area contributed by atoms with Gasteiger partial charge in [0.1, 0.15) is 11.6 Å². The molecule has 0 saturated carbocycles. The van der Waals surface area contributed by atoms with Crippen LogP contribution in [0.2, 0.25) is 0 Å². The van der Waals surface area contributed by atoms with Crippen LogP contribution >= 0.6 is 0 Å². The molecule has 1 N–H and O–H groups in total. The maximum atomic E-state index is 13.5. The predicted octanol–water partition coefficient (Wildman–Crippen LogP) is 3.73. The summed E-state index contributed by atoms with van der Waals surface area (Å²) in [6.45, 7) is 5.62. The van der Waals surface area contributed by atoms with Crippen LogP contribution in [0.3, 0.4) is 0 Å². The van der Waals surface area contributed by atoms with Crippen molar-refractivity contribution in [1.82, 2.24) is 5.32 Å². The molecule has 0 aliphatic rings. The molecule has 0 fully saturated rings. The molecule has 3 nitrogen and oxygen atoms in total. The number of nitrogens with one attached hydrogen (secondary N) is 1. The molecule has 2 rings (SSSR count). The number of hydrogen-bond donors (Lipinski definition) is 1. The molecule has 0 aliphatic heterocycles. The Kier molecular flexibility index (Phi) is 4.79. The number of hydrogen-bond acceptors (Lipinski definition) is 3. The van der Waals surface area contributed by atoms with Gasteiger partial charge in [-0.1, -0.05) is 0 Å². The Bertz CT molecular complexity index is 539. The Morgan fingerprint density at radius 2 is 2.15 bits per heavy atom. The lowest BCUT2D eigenvalue weighted by Crippen LogP contribution is -2.25. The second kappa shape index (κ2) is 6.57. The van der Waals surface area contributed by atoms with Crippen molar-refractivity contribution in [2.75, 3.05) is 18.5 Å². The quantitative estimate of drug-likeness (QED) is 0.871. The van der Waals surface area contributed by atoms with Gasteiger partial charge in [-0.25, -0.2) is 4.39 Å².